The first-order valence-electron chi connectivity index (χ1n) is 5.41. The van der Waals surface area contributed by atoms with E-state index in [1.54, 1.807) is 23.0 Å². The second kappa shape index (κ2) is 4.75. The normalized spacial score (nSPS) is 11.1. The number of rotatable bonds is 2. The quantitative estimate of drug-likeness (QED) is 0.681. The molecule has 0 aliphatic heterocycles. The average molecular weight is 297 g/mol. The number of nitrogens with zero attached hydrogens (tertiary/aromatic N) is 4. The van der Waals surface area contributed by atoms with Crippen molar-refractivity contribution in [2.75, 3.05) is 0 Å². The summed E-state index contributed by atoms with van der Waals surface area (Å²) in [6, 6.07) is 4.65. The molecule has 2 aromatic heterocycles. The van der Waals surface area contributed by atoms with Crippen molar-refractivity contribution in [3.8, 4) is 0 Å². The molecule has 1 aromatic carbocycles. The van der Waals surface area contributed by atoms with E-state index in [1.807, 2.05) is 0 Å². The van der Waals surface area contributed by atoms with Crippen LogP contribution in [-0.2, 0) is 6.54 Å². The summed E-state index contributed by atoms with van der Waals surface area (Å²) in [5.41, 5.74) is 1.21. The molecule has 0 aliphatic rings. The molecular formula is C12H7Cl2FN4. The Hall–Kier alpha value is -1.72. The van der Waals surface area contributed by atoms with Gasteiger partial charge in [0.15, 0.2) is 5.65 Å². The molecule has 0 spiro atoms. The lowest BCUT2D eigenvalue weighted by Crippen LogP contribution is -2.03. The minimum Gasteiger partial charge on any atom is -0.243 e. The zero-order valence-corrected chi connectivity index (χ0v) is 11.0. The molecule has 3 aromatic rings. The van der Waals surface area contributed by atoms with Crippen LogP contribution in [0, 0.1) is 5.82 Å². The summed E-state index contributed by atoms with van der Waals surface area (Å²) in [6.45, 7) is 0.313. The van der Waals surface area contributed by atoms with E-state index in [4.69, 9.17) is 23.2 Å². The van der Waals surface area contributed by atoms with E-state index in [2.05, 4.69) is 15.1 Å². The summed E-state index contributed by atoms with van der Waals surface area (Å²) < 4.78 is 15.0. The third-order valence-corrected chi connectivity index (χ3v) is 3.46. The third-order valence-electron chi connectivity index (χ3n) is 2.74. The molecule has 96 valence electrons. The Morgan fingerprint density at radius 1 is 1.21 bits per heavy atom. The summed E-state index contributed by atoms with van der Waals surface area (Å²) in [6.07, 6.45) is 2.93. The number of fused-ring (bicyclic) bond motifs is 1. The standard InChI is InChI=1S/C12H7Cl2FN4/c13-10-7(2-1-3-9(10)15)5-19-12-8(4-18-19)11(14)16-6-17-12/h1-4,6H,5H2. The van der Waals surface area contributed by atoms with Gasteiger partial charge in [-0.25, -0.2) is 19.0 Å². The van der Waals surface area contributed by atoms with Gasteiger partial charge in [0.25, 0.3) is 0 Å². The van der Waals surface area contributed by atoms with Gasteiger partial charge in [0.2, 0.25) is 0 Å². The first-order valence-corrected chi connectivity index (χ1v) is 6.17. The first kappa shape index (κ1) is 12.3. The number of hydrogen-bond donors (Lipinski definition) is 0. The minimum atomic E-state index is -0.455. The smallest absolute Gasteiger partial charge is 0.162 e. The molecule has 0 saturated heterocycles. The fraction of sp³-hybridized carbons (Fsp3) is 0.0833. The predicted octanol–water partition coefficient (Wildman–Crippen LogP) is 3.32. The number of hydrogen-bond acceptors (Lipinski definition) is 3. The number of benzene rings is 1. The highest BCUT2D eigenvalue weighted by Gasteiger charge is 2.11. The van der Waals surface area contributed by atoms with Gasteiger partial charge in [0, 0.05) is 0 Å². The molecule has 2 heterocycles. The fourth-order valence-electron chi connectivity index (χ4n) is 1.81. The molecule has 0 N–H and O–H groups in total. The summed E-state index contributed by atoms with van der Waals surface area (Å²) >= 11 is 11.9. The van der Waals surface area contributed by atoms with Gasteiger partial charge in [-0.2, -0.15) is 5.10 Å². The Labute approximate surface area is 117 Å². The summed E-state index contributed by atoms with van der Waals surface area (Å²) in [5, 5.41) is 5.24. The van der Waals surface area contributed by atoms with Crippen molar-refractivity contribution in [2.24, 2.45) is 0 Å². The van der Waals surface area contributed by atoms with Crippen LogP contribution >= 0.6 is 23.2 Å². The highest BCUT2D eigenvalue weighted by Crippen LogP contribution is 2.23. The van der Waals surface area contributed by atoms with E-state index in [-0.39, 0.29) is 5.02 Å². The van der Waals surface area contributed by atoms with Crippen molar-refractivity contribution in [1.29, 1.82) is 0 Å². The van der Waals surface area contributed by atoms with Crippen LogP contribution in [0.1, 0.15) is 5.56 Å². The topological polar surface area (TPSA) is 43.6 Å². The Morgan fingerprint density at radius 2 is 2.05 bits per heavy atom. The SMILES string of the molecule is Fc1cccc(Cn2ncc3c(Cl)ncnc32)c1Cl. The molecule has 3 rings (SSSR count). The largest absolute Gasteiger partial charge is 0.243 e. The van der Waals surface area contributed by atoms with Crippen LogP contribution in [0.25, 0.3) is 11.0 Å². The van der Waals surface area contributed by atoms with E-state index in [0.29, 0.717) is 28.3 Å². The lowest BCUT2D eigenvalue weighted by Gasteiger charge is -2.06. The summed E-state index contributed by atoms with van der Waals surface area (Å²) in [5.74, 6) is -0.455. The Morgan fingerprint density at radius 3 is 2.89 bits per heavy atom. The van der Waals surface area contributed by atoms with E-state index >= 15 is 0 Å². The molecule has 0 unspecified atom stereocenters. The molecule has 19 heavy (non-hydrogen) atoms. The zero-order valence-electron chi connectivity index (χ0n) is 9.52. The van der Waals surface area contributed by atoms with Crippen LogP contribution in [0.3, 0.4) is 0 Å². The Kier molecular flexibility index (Phi) is 3.08. The lowest BCUT2D eigenvalue weighted by atomic mass is 10.2. The van der Waals surface area contributed by atoms with Crippen LogP contribution in [0.4, 0.5) is 4.39 Å². The molecule has 0 aliphatic carbocycles. The Balaban J connectivity index is 2.07. The van der Waals surface area contributed by atoms with Gasteiger partial charge in [-0.3, -0.25) is 0 Å². The number of aromatic nitrogens is 4. The van der Waals surface area contributed by atoms with Crippen molar-refractivity contribution in [2.45, 2.75) is 6.54 Å². The van der Waals surface area contributed by atoms with E-state index in [1.165, 1.54) is 12.4 Å². The van der Waals surface area contributed by atoms with Crippen LogP contribution in [0.15, 0.2) is 30.7 Å². The van der Waals surface area contributed by atoms with Crippen molar-refractivity contribution >= 4 is 34.2 Å². The maximum absolute atomic E-state index is 13.4. The molecular weight excluding hydrogens is 290 g/mol. The van der Waals surface area contributed by atoms with E-state index in [0.717, 1.165) is 0 Å². The molecule has 7 heteroatoms. The molecule has 0 saturated carbocycles. The molecule has 0 fully saturated rings. The molecule has 4 nitrogen and oxygen atoms in total. The maximum atomic E-state index is 13.4. The molecule has 0 bridgehead atoms. The highest BCUT2D eigenvalue weighted by atomic mass is 35.5. The van der Waals surface area contributed by atoms with Gasteiger partial charge in [-0.05, 0) is 11.6 Å². The van der Waals surface area contributed by atoms with E-state index in [9.17, 15) is 4.39 Å². The van der Waals surface area contributed by atoms with Crippen LogP contribution in [0.5, 0.6) is 0 Å². The monoisotopic (exact) mass is 296 g/mol. The van der Waals surface area contributed by atoms with Gasteiger partial charge in [0.1, 0.15) is 17.3 Å². The summed E-state index contributed by atoms with van der Waals surface area (Å²) in [4.78, 5) is 7.99. The second-order valence-corrected chi connectivity index (χ2v) is 4.65. The first-order chi connectivity index (χ1) is 9.16. The summed E-state index contributed by atoms with van der Waals surface area (Å²) in [7, 11) is 0. The van der Waals surface area contributed by atoms with Crippen molar-refractivity contribution in [3.63, 3.8) is 0 Å². The molecule has 0 radical (unpaired) electrons. The molecule has 0 amide bonds. The third kappa shape index (κ3) is 2.15. The van der Waals surface area contributed by atoms with Gasteiger partial charge in [0.05, 0.1) is 23.2 Å². The fourth-order valence-corrected chi connectivity index (χ4v) is 2.17. The molecule has 0 atom stereocenters. The van der Waals surface area contributed by atoms with Gasteiger partial charge < -0.3 is 0 Å². The van der Waals surface area contributed by atoms with Gasteiger partial charge in [-0.15, -0.1) is 0 Å². The van der Waals surface area contributed by atoms with Crippen molar-refractivity contribution in [3.05, 3.63) is 52.3 Å². The van der Waals surface area contributed by atoms with Crippen molar-refractivity contribution in [1.82, 2.24) is 19.7 Å². The number of halogens is 3. The van der Waals surface area contributed by atoms with Gasteiger partial charge in [-0.1, -0.05) is 35.3 Å². The van der Waals surface area contributed by atoms with Crippen LogP contribution in [-0.4, -0.2) is 19.7 Å². The lowest BCUT2D eigenvalue weighted by molar-refractivity contribution is 0.621. The minimum absolute atomic E-state index is 0.0892. The zero-order chi connectivity index (χ0) is 13.4. The van der Waals surface area contributed by atoms with E-state index < -0.39 is 5.82 Å². The van der Waals surface area contributed by atoms with Crippen molar-refractivity contribution < 1.29 is 4.39 Å². The van der Waals surface area contributed by atoms with Crippen LogP contribution < -0.4 is 0 Å². The predicted molar refractivity (Wildman–Crippen MR) is 70.8 cm³/mol. The highest BCUT2D eigenvalue weighted by molar-refractivity contribution is 6.33. The Bertz CT molecular complexity index is 757. The average Bonchev–Trinajstić information content (AvgIpc) is 2.80. The van der Waals surface area contributed by atoms with Gasteiger partial charge >= 0.3 is 0 Å². The van der Waals surface area contributed by atoms with Crippen LogP contribution in [0.2, 0.25) is 10.2 Å². The second-order valence-electron chi connectivity index (χ2n) is 3.92. The maximum Gasteiger partial charge on any atom is 0.162 e.